The van der Waals surface area contributed by atoms with E-state index < -0.39 is 0 Å². The van der Waals surface area contributed by atoms with Gasteiger partial charge in [-0.15, -0.1) is 5.10 Å². The van der Waals surface area contributed by atoms with Gasteiger partial charge in [0.05, 0.1) is 26.0 Å². The molecule has 2 aromatic carbocycles. The number of ether oxygens (including phenoxy) is 3. The molecule has 6 nitrogen and oxygen atoms in total. The van der Waals surface area contributed by atoms with Gasteiger partial charge in [-0.25, -0.2) is 4.68 Å². The monoisotopic (exact) mass is 363 g/mol. The van der Waals surface area contributed by atoms with Crippen molar-refractivity contribution in [2.45, 2.75) is 31.0 Å². The Labute approximate surface area is 157 Å². The molecule has 4 atom stereocenters. The van der Waals surface area contributed by atoms with Crippen LogP contribution in [-0.4, -0.2) is 46.5 Å². The van der Waals surface area contributed by atoms with Gasteiger partial charge in [-0.1, -0.05) is 65.9 Å². The van der Waals surface area contributed by atoms with E-state index in [1.165, 1.54) is 0 Å². The first-order valence-electron chi connectivity index (χ1n) is 9.24. The molecule has 1 aromatic heterocycles. The molecule has 0 unspecified atom stereocenters. The van der Waals surface area contributed by atoms with Crippen molar-refractivity contribution in [1.82, 2.24) is 15.0 Å². The third kappa shape index (κ3) is 3.27. The SMILES string of the molecule is c1ccc(CO[C@@H]2CO[C@H]3[C@@H]2OC[C@@H]3n2cc(-c3ccccc3)nn2)cc1. The molecule has 0 bridgehead atoms. The van der Waals surface area contributed by atoms with Gasteiger partial charge in [0.15, 0.2) is 0 Å². The quantitative estimate of drug-likeness (QED) is 0.698. The highest BCUT2D eigenvalue weighted by Crippen LogP contribution is 2.35. The zero-order valence-electron chi connectivity index (χ0n) is 14.8. The summed E-state index contributed by atoms with van der Waals surface area (Å²) in [6.45, 7) is 1.66. The maximum absolute atomic E-state index is 6.07. The molecule has 2 aliphatic heterocycles. The molecular formula is C21H21N3O3. The van der Waals surface area contributed by atoms with Crippen LogP contribution in [0, 0.1) is 0 Å². The van der Waals surface area contributed by atoms with Gasteiger partial charge in [0.2, 0.25) is 0 Å². The number of benzene rings is 2. The summed E-state index contributed by atoms with van der Waals surface area (Å²) in [7, 11) is 0. The number of fused-ring (bicyclic) bond motifs is 1. The van der Waals surface area contributed by atoms with Crippen LogP contribution < -0.4 is 0 Å². The Balaban J connectivity index is 1.26. The number of nitrogens with zero attached hydrogens (tertiary/aromatic N) is 3. The van der Waals surface area contributed by atoms with Crippen LogP contribution in [0.15, 0.2) is 66.9 Å². The summed E-state index contributed by atoms with van der Waals surface area (Å²) < 4.78 is 20.0. The first kappa shape index (κ1) is 16.6. The minimum atomic E-state index is -0.0666. The lowest BCUT2D eigenvalue weighted by Gasteiger charge is -2.17. The van der Waals surface area contributed by atoms with E-state index in [-0.39, 0.29) is 24.4 Å². The van der Waals surface area contributed by atoms with Crippen LogP contribution in [-0.2, 0) is 20.8 Å². The van der Waals surface area contributed by atoms with Crippen LogP contribution in [0.5, 0.6) is 0 Å². The molecule has 0 radical (unpaired) electrons. The van der Waals surface area contributed by atoms with Gasteiger partial charge in [0.25, 0.3) is 0 Å². The van der Waals surface area contributed by atoms with Crippen molar-refractivity contribution in [3.8, 4) is 11.3 Å². The van der Waals surface area contributed by atoms with Gasteiger partial charge >= 0.3 is 0 Å². The third-order valence-electron chi connectivity index (χ3n) is 5.21. The summed E-state index contributed by atoms with van der Waals surface area (Å²) in [5.41, 5.74) is 3.06. The summed E-state index contributed by atoms with van der Waals surface area (Å²) in [4.78, 5) is 0. The maximum atomic E-state index is 6.07. The van der Waals surface area contributed by atoms with E-state index in [9.17, 15) is 0 Å². The van der Waals surface area contributed by atoms with E-state index in [2.05, 4.69) is 22.4 Å². The summed E-state index contributed by atoms with van der Waals surface area (Å²) in [6, 6.07) is 20.2. The molecule has 0 amide bonds. The van der Waals surface area contributed by atoms with Crippen LogP contribution in [0.3, 0.4) is 0 Å². The molecule has 138 valence electrons. The predicted molar refractivity (Wildman–Crippen MR) is 99.0 cm³/mol. The smallest absolute Gasteiger partial charge is 0.114 e. The number of hydrogen-bond donors (Lipinski definition) is 0. The summed E-state index contributed by atoms with van der Waals surface area (Å²) in [5.74, 6) is 0. The number of hydrogen-bond acceptors (Lipinski definition) is 5. The van der Waals surface area contributed by atoms with Gasteiger partial charge in [-0.2, -0.15) is 0 Å². The van der Waals surface area contributed by atoms with Crippen molar-refractivity contribution in [1.29, 1.82) is 0 Å². The lowest BCUT2D eigenvalue weighted by Crippen LogP contribution is -2.32. The molecule has 2 fully saturated rings. The lowest BCUT2D eigenvalue weighted by atomic mass is 10.1. The molecule has 0 aliphatic carbocycles. The van der Waals surface area contributed by atoms with E-state index in [0.29, 0.717) is 19.8 Å². The predicted octanol–water partition coefficient (Wildman–Crippen LogP) is 2.87. The Hall–Kier alpha value is -2.54. The highest BCUT2D eigenvalue weighted by atomic mass is 16.6. The largest absolute Gasteiger partial charge is 0.370 e. The summed E-state index contributed by atoms with van der Waals surface area (Å²) in [6.07, 6.45) is 1.78. The fraction of sp³-hybridized carbons (Fsp3) is 0.333. The van der Waals surface area contributed by atoms with E-state index in [4.69, 9.17) is 14.2 Å². The average Bonchev–Trinajstić information content (AvgIpc) is 3.44. The Morgan fingerprint density at radius 2 is 1.67 bits per heavy atom. The maximum Gasteiger partial charge on any atom is 0.114 e. The standard InChI is InChI=1S/C21H21N3O3/c1-3-7-15(8-4-1)12-25-19-14-27-20-18(13-26-21(19)20)24-11-17(22-23-24)16-9-5-2-6-10-16/h1-11,18-21H,12-14H2/t18-,19+,20+,21+/m0/s1. The summed E-state index contributed by atoms with van der Waals surface area (Å²) >= 11 is 0. The topological polar surface area (TPSA) is 58.4 Å². The molecule has 3 aromatic rings. The lowest BCUT2D eigenvalue weighted by molar-refractivity contribution is -0.0399. The van der Waals surface area contributed by atoms with E-state index in [1.807, 2.05) is 59.4 Å². The van der Waals surface area contributed by atoms with Crippen molar-refractivity contribution < 1.29 is 14.2 Å². The molecular weight excluding hydrogens is 342 g/mol. The van der Waals surface area contributed by atoms with Crippen LogP contribution in [0.2, 0.25) is 0 Å². The Kier molecular flexibility index (Phi) is 4.45. The van der Waals surface area contributed by atoms with Crippen molar-refractivity contribution >= 4 is 0 Å². The van der Waals surface area contributed by atoms with Crippen molar-refractivity contribution in [2.75, 3.05) is 13.2 Å². The molecule has 3 heterocycles. The normalized spacial score (nSPS) is 27.0. The van der Waals surface area contributed by atoms with Gasteiger partial charge in [-0.05, 0) is 5.56 Å². The average molecular weight is 363 g/mol. The zero-order valence-corrected chi connectivity index (χ0v) is 14.8. The molecule has 2 aliphatic rings. The summed E-state index contributed by atoms with van der Waals surface area (Å²) in [5, 5.41) is 8.63. The minimum Gasteiger partial charge on any atom is -0.370 e. The first-order chi connectivity index (χ1) is 13.4. The molecule has 27 heavy (non-hydrogen) atoms. The van der Waals surface area contributed by atoms with Gasteiger partial charge in [-0.3, -0.25) is 0 Å². The van der Waals surface area contributed by atoms with Crippen LogP contribution in [0.25, 0.3) is 11.3 Å². The third-order valence-corrected chi connectivity index (χ3v) is 5.21. The fourth-order valence-corrected chi connectivity index (χ4v) is 3.77. The second kappa shape index (κ2) is 7.23. The van der Waals surface area contributed by atoms with Crippen LogP contribution in [0.1, 0.15) is 11.6 Å². The second-order valence-corrected chi connectivity index (χ2v) is 6.95. The fourth-order valence-electron chi connectivity index (χ4n) is 3.77. The zero-order chi connectivity index (χ0) is 18.1. The van der Waals surface area contributed by atoms with E-state index in [0.717, 1.165) is 16.8 Å². The van der Waals surface area contributed by atoms with E-state index >= 15 is 0 Å². The minimum absolute atomic E-state index is 0.0188. The van der Waals surface area contributed by atoms with Crippen molar-refractivity contribution in [3.05, 3.63) is 72.4 Å². The molecule has 0 spiro atoms. The van der Waals surface area contributed by atoms with Gasteiger partial charge in [0, 0.05) is 5.56 Å². The Morgan fingerprint density at radius 3 is 2.48 bits per heavy atom. The molecule has 5 rings (SSSR count). The molecule has 0 N–H and O–H groups in total. The Morgan fingerprint density at radius 1 is 0.926 bits per heavy atom. The molecule has 2 saturated heterocycles. The first-order valence-corrected chi connectivity index (χ1v) is 9.24. The molecule has 0 saturated carbocycles. The molecule has 6 heteroatoms. The highest BCUT2D eigenvalue weighted by Gasteiger charge is 2.49. The number of rotatable bonds is 5. The van der Waals surface area contributed by atoms with Crippen molar-refractivity contribution in [2.24, 2.45) is 0 Å². The van der Waals surface area contributed by atoms with Crippen LogP contribution >= 0.6 is 0 Å². The Bertz CT molecular complexity index is 884. The van der Waals surface area contributed by atoms with Gasteiger partial charge in [0.1, 0.15) is 30.0 Å². The van der Waals surface area contributed by atoms with Gasteiger partial charge < -0.3 is 14.2 Å². The van der Waals surface area contributed by atoms with Crippen molar-refractivity contribution in [3.63, 3.8) is 0 Å². The number of aromatic nitrogens is 3. The van der Waals surface area contributed by atoms with Crippen LogP contribution in [0.4, 0.5) is 0 Å². The second-order valence-electron chi connectivity index (χ2n) is 6.95. The van der Waals surface area contributed by atoms with E-state index in [1.54, 1.807) is 0 Å². The highest BCUT2D eigenvalue weighted by molar-refractivity contribution is 5.57.